The molecule has 2 saturated heterocycles. The summed E-state index contributed by atoms with van der Waals surface area (Å²) in [6, 6.07) is 8.83. The van der Waals surface area contributed by atoms with Gasteiger partial charge in [0.25, 0.3) is 5.91 Å². The second kappa shape index (κ2) is 17.3. The van der Waals surface area contributed by atoms with Gasteiger partial charge in [0.15, 0.2) is 0 Å². The zero-order valence-electron chi connectivity index (χ0n) is 36.6. The van der Waals surface area contributed by atoms with E-state index >= 15 is 0 Å². The Labute approximate surface area is 366 Å². The first-order valence-electron chi connectivity index (χ1n) is 21.6. The number of amides is 4. The van der Waals surface area contributed by atoms with E-state index in [-0.39, 0.29) is 30.5 Å². The van der Waals surface area contributed by atoms with Crippen molar-refractivity contribution in [1.82, 2.24) is 45.1 Å². The summed E-state index contributed by atoms with van der Waals surface area (Å²) in [4.78, 5) is 71.8. The van der Waals surface area contributed by atoms with E-state index in [1.165, 1.54) is 22.3 Å². The molecule has 2 aromatic carbocycles. The van der Waals surface area contributed by atoms with Crippen LogP contribution in [0.4, 0.5) is 0 Å². The number of hydrazine groups is 1. The molecule has 3 aliphatic rings. The second-order valence-corrected chi connectivity index (χ2v) is 17.7. The van der Waals surface area contributed by atoms with Crippen LogP contribution in [0.25, 0.3) is 33.3 Å². The van der Waals surface area contributed by atoms with Gasteiger partial charge in [-0.15, -0.1) is 0 Å². The maximum atomic E-state index is 14.8. The van der Waals surface area contributed by atoms with Crippen LogP contribution < -0.4 is 10.7 Å². The molecule has 15 heteroatoms. The highest BCUT2D eigenvalue weighted by Crippen LogP contribution is 2.41. The number of phenols is 1. The molecule has 1 unspecified atom stereocenters. The first-order valence-corrected chi connectivity index (χ1v) is 21.6. The van der Waals surface area contributed by atoms with Crippen LogP contribution in [0.1, 0.15) is 75.8 Å². The number of nitrogens with one attached hydrogen (secondary N) is 2. The van der Waals surface area contributed by atoms with Crippen LogP contribution >= 0.6 is 0 Å². The molecule has 4 amide bonds. The standard InChI is InChI=1S/C48H55N9O6/c1-8-41(59)55-16-14-31(26-55)46(61)54(7)42(28(3)4)44(60)52-38-19-29-17-32(20-34(58)18-29)30-12-13-39-35(21-30)36(43(56(39)9-2)33-23-49-27-50-24-33)22-48(5,6)40-25-51-45(63-40)37-11-10-15-57(53-37)47(38)62/h8,12-13,17-18,20-21,23-25,27,31,37-38,42,53,58H,1,3,9-11,14-16,19,22,26H2,2,4-7H3,(H,52,60)/t31?,37-,38-,42-/m0/s1. The van der Waals surface area contributed by atoms with E-state index in [2.05, 4.69) is 71.3 Å². The number of likely N-dealkylation sites (tertiary alicyclic amines) is 1. The summed E-state index contributed by atoms with van der Waals surface area (Å²) in [5.41, 5.74) is 9.44. The van der Waals surface area contributed by atoms with Crippen molar-refractivity contribution >= 4 is 34.5 Å². The molecule has 0 spiro atoms. The lowest BCUT2D eigenvalue weighted by atomic mass is 9.82. The van der Waals surface area contributed by atoms with Gasteiger partial charge in [-0.3, -0.25) is 24.2 Å². The summed E-state index contributed by atoms with van der Waals surface area (Å²) in [7, 11) is 1.54. The molecule has 2 fully saturated rings. The number of nitrogens with zero attached hydrogens (tertiary/aromatic N) is 7. The van der Waals surface area contributed by atoms with Crippen LogP contribution in [0.2, 0.25) is 0 Å². The number of hydrogen-bond donors (Lipinski definition) is 3. The lowest BCUT2D eigenvalue weighted by Gasteiger charge is -2.36. The van der Waals surface area contributed by atoms with E-state index in [0.717, 1.165) is 38.9 Å². The number of likely N-dealkylation sites (N-methyl/N-ethyl adjacent to an activating group) is 1. The number of aryl methyl sites for hydroxylation is 1. The second-order valence-electron chi connectivity index (χ2n) is 17.7. The van der Waals surface area contributed by atoms with Gasteiger partial charge in [0.1, 0.15) is 36.0 Å². The van der Waals surface area contributed by atoms with Crippen molar-refractivity contribution in [2.75, 3.05) is 26.7 Å². The molecule has 8 rings (SSSR count). The highest BCUT2D eigenvalue weighted by molar-refractivity contribution is 5.96. The first-order chi connectivity index (χ1) is 30.2. The number of benzene rings is 2. The molecule has 8 bridgehead atoms. The molecular weight excluding hydrogens is 799 g/mol. The van der Waals surface area contributed by atoms with Crippen LogP contribution in [-0.2, 0) is 44.0 Å². The van der Waals surface area contributed by atoms with Crippen molar-refractivity contribution in [2.45, 2.75) is 89.9 Å². The number of hydrogen-bond acceptors (Lipinski definition) is 10. The lowest BCUT2D eigenvalue weighted by molar-refractivity contribution is -0.144. The van der Waals surface area contributed by atoms with Crippen molar-refractivity contribution < 1.29 is 28.7 Å². The lowest BCUT2D eigenvalue weighted by Crippen LogP contribution is -2.59. The van der Waals surface area contributed by atoms with E-state index in [0.29, 0.717) is 68.1 Å². The van der Waals surface area contributed by atoms with Gasteiger partial charge in [0, 0.05) is 73.9 Å². The molecule has 4 atom stereocenters. The first kappa shape index (κ1) is 43.1. The number of oxazole rings is 1. The zero-order valence-corrected chi connectivity index (χ0v) is 36.6. The Balaban J connectivity index is 1.21. The van der Waals surface area contributed by atoms with E-state index in [1.54, 1.807) is 37.2 Å². The van der Waals surface area contributed by atoms with Gasteiger partial charge in [0.2, 0.25) is 23.6 Å². The molecule has 328 valence electrons. The van der Waals surface area contributed by atoms with Crippen molar-refractivity contribution in [3.05, 3.63) is 109 Å². The summed E-state index contributed by atoms with van der Waals surface area (Å²) in [6.45, 7) is 17.3. The number of carbonyl (C=O) groups is 4. The predicted molar refractivity (Wildman–Crippen MR) is 238 cm³/mol. The SMILES string of the molecule is C=CC(=O)N1CCC(C(=O)N(C)[C@@H](C(=C)C)C(=O)N[C@H]2Cc3cc(O)cc(c3)-c3ccc4c(c3)c(c(-c3cncnc3)n4CC)CC(C)(C)c3cnc(o3)[C@@H]3CCCN(N3)C2=O)C1. The van der Waals surface area contributed by atoms with Gasteiger partial charge in [-0.25, -0.2) is 20.4 Å². The summed E-state index contributed by atoms with van der Waals surface area (Å²) in [6.07, 6.45) is 10.5. The third-order valence-corrected chi connectivity index (χ3v) is 12.7. The number of aromatic hydroxyl groups is 1. The Morgan fingerprint density at radius 2 is 1.86 bits per heavy atom. The highest BCUT2D eigenvalue weighted by atomic mass is 16.4. The summed E-state index contributed by atoms with van der Waals surface area (Å²) < 4.78 is 8.87. The van der Waals surface area contributed by atoms with E-state index in [1.807, 2.05) is 24.5 Å². The largest absolute Gasteiger partial charge is 0.508 e. The third-order valence-electron chi connectivity index (χ3n) is 12.7. The summed E-state index contributed by atoms with van der Waals surface area (Å²) in [5.74, 6) is -0.908. The van der Waals surface area contributed by atoms with Crippen LogP contribution in [-0.4, -0.2) is 102 Å². The summed E-state index contributed by atoms with van der Waals surface area (Å²) >= 11 is 0. The Morgan fingerprint density at radius 1 is 1.08 bits per heavy atom. The van der Waals surface area contributed by atoms with Crippen LogP contribution in [0.3, 0.4) is 0 Å². The molecule has 15 nitrogen and oxygen atoms in total. The quantitative estimate of drug-likeness (QED) is 0.131. The van der Waals surface area contributed by atoms with Crippen molar-refractivity contribution in [3.63, 3.8) is 0 Å². The van der Waals surface area contributed by atoms with Crippen molar-refractivity contribution in [2.24, 2.45) is 5.92 Å². The van der Waals surface area contributed by atoms with Gasteiger partial charge < -0.3 is 29.2 Å². The molecular formula is C48H55N9O6. The molecule has 6 heterocycles. The monoisotopic (exact) mass is 853 g/mol. The topological polar surface area (TPSA) is 179 Å². The van der Waals surface area contributed by atoms with Gasteiger partial charge in [-0.2, -0.15) is 0 Å². The molecule has 0 aliphatic carbocycles. The molecule has 3 N–H and O–H groups in total. The number of phenolic OH excluding ortho intramolecular Hbond substituents is 1. The summed E-state index contributed by atoms with van der Waals surface area (Å²) in [5, 5.41) is 16.8. The molecule has 0 saturated carbocycles. The minimum absolute atomic E-state index is 0.00431. The molecule has 3 aromatic heterocycles. The number of carbonyl (C=O) groups excluding carboxylic acids is 4. The Hall–Kier alpha value is -6.61. The maximum absolute atomic E-state index is 14.8. The highest BCUT2D eigenvalue weighted by Gasteiger charge is 2.39. The average molecular weight is 854 g/mol. The van der Waals surface area contributed by atoms with Crippen LogP contribution in [0.15, 0.2) is 90.5 Å². The number of aromatic nitrogens is 4. The molecule has 3 aliphatic heterocycles. The normalized spacial score (nSPS) is 20.2. The van der Waals surface area contributed by atoms with Crippen LogP contribution in [0.5, 0.6) is 5.75 Å². The Bertz CT molecular complexity index is 2610. The van der Waals surface area contributed by atoms with Crippen molar-refractivity contribution in [3.8, 4) is 28.1 Å². The number of rotatable bonds is 8. The minimum Gasteiger partial charge on any atom is -0.508 e. The predicted octanol–water partition coefficient (Wildman–Crippen LogP) is 5.65. The fraction of sp³-hybridized carbons (Fsp3) is 0.396. The minimum atomic E-state index is -1.13. The fourth-order valence-corrected chi connectivity index (χ4v) is 9.55. The van der Waals surface area contributed by atoms with E-state index in [9.17, 15) is 24.3 Å². The van der Waals surface area contributed by atoms with Gasteiger partial charge in [-0.1, -0.05) is 39.1 Å². The Morgan fingerprint density at radius 3 is 2.59 bits per heavy atom. The van der Waals surface area contributed by atoms with Crippen LogP contribution in [0, 0.1) is 5.92 Å². The number of fused-ring (bicyclic) bond motifs is 9. The average Bonchev–Trinajstić information content (AvgIpc) is 4.04. The smallest absolute Gasteiger partial charge is 0.259 e. The maximum Gasteiger partial charge on any atom is 0.259 e. The van der Waals surface area contributed by atoms with Gasteiger partial charge in [0.05, 0.1) is 17.8 Å². The molecule has 5 aromatic rings. The zero-order chi connectivity index (χ0) is 44.7. The fourth-order valence-electron chi connectivity index (χ4n) is 9.55. The van der Waals surface area contributed by atoms with E-state index in [4.69, 9.17) is 9.40 Å². The van der Waals surface area contributed by atoms with Crippen molar-refractivity contribution in [1.29, 1.82) is 0 Å². The molecule has 63 heavy (non-hydrogen) atoms. The van der Waals surface area contributed by atoms with Gasteiger partial charge in [-0.05, 0) is 97.7 Å². The third kappa shape index (κ3) is 8.36. The van der Waals surface area contributed by atoms with E-state index < -0.39 is 41.3 Å². The van der Waals surface area contributed by atoms with Gasteiger partial charge >= 0.3 is 0 Å². The Kier molecular flexibility index (Phi) is 11.8. The molecule has 0 radical (unpaired) electrons.